The fourth-order valence-electron chi connectivity index (χ4n) is 1.56. The molecular formula is C10H18N4O. The smallest absolute Gasteiger partial charge is 0.162 e. The Labute approximate surface area is 89.9 Å². The van der Waals surface area contributed by atoms with Gasteiger partial charge in [0.2, 0.25) is 0 Å². The van der Waals surface area contributed by atoms with Gasteiger partial charge in [-0.1, -0.05) is 32.6 Å². The molecule has 84 valence electrons. The first-order valence-corrected chi connectivity index (χ1v) is 5.48. The number of hydrogen-bond donors (Lipinski definition) is 0. The normalized spacial score (nSPS) is 12.7. The van der Waals surface area contributed by atoms with Gasteiger partial charge >= 0.3 is 0 Å². The maximum absolute atomic E-state index is 11.4. The predicted molar refractivity (Wildman–Crippen MR) is 56.3 cm³/mol. The van der Waals surface area contributed by atoms with Gasteiger partial charge in [0.15, 0.2) is 12.1 Å². The van der Waals surface area contributed by atoms with E-state index in [0.717, 1.165) is 19.3 Å². The van der Waals surface area contributed by atoms with Gasteiger partial charge in [-0.3, -0.25) is 4.79 Å². The first-order valence-electron chi connectivity index (χ1n) is 5.48. The number of carbonyl (C=O) groups excluding carboxylic acids is 1. The zero-order chi connectivity index (χ0) is 11.1. The van der Waals surface area contributed by atoms with Crippen LogP contribution in [0.2, 0.25) is 0 Å². The highest BCUT2D eigenvalue weighted by Gasteiger charge is 2.17. The van der Waals surface area contributed by atoms with Crippen molar-refractivity contribution in [2.24, 2.45) is 0 Å². The number of Topliss-reactive ketones (excluding diaryl/α,β-unsaturated/α-hetero) is 1. The molecule has 0 aliphatic heterocycles. The monoisotopic (exact) mass is 210 g/mol. The summed E-state index contributed by atoms with van der Waals surface area (Å²) in [6.07, 6.45) is 6.80. The van der Waals surface area contributed by atoms with Crippen LogP contribution in [0.25, 0.3) is 0 Å². The molecule has 1 unspecified atom stereocenters. The third-order valence-electron chi connectivity index (χ3n) is 2.44. The second-order valence-electron chi connectivity index (χ2n) is 3.73. The third kappa shape index (κ3) is 3.77. The van der Waals surface area contributed by atoms with Crippen LogP contribution in [0.1, 0.15) is 52.0 Å². The van der Waals surface area contributed by atoms with Gasteiger partial charge in [0.25, 0.3) is 0 Å². The molecule has 5 heteroatoms. The average molecular weight is 210 g/mol. The van der Waals surface area contributed by atoms with E-state index >= 15 is 0 Å². The van der Waals surface area contributed by atoms with E-state index in [0.29, 0.717) is 0 Å². The number of ketones is 1. The summed E-state index contributed by atoms with van der Waals surface area (Å²) in [7, 11) is 0. The molecule has 0 saturated carbocycles. The van der Waals surface area contributed by atoms with Crippen molar-refractivity contribution in [2.75, 3.05) is 0 Å². The first-order chi connectivity index (χ1) is 7.25. The maximum atomic E-state index is 11.4. The van der Waals surface area contributed by atoms with Crippen LogP contribution in [0.15, 0.2) is 6.33 Å². The lowest BCUT2D eigenvalue weighted by atomic mass is 10.1. The Bertz CT molecular complexity index is 284. The highest BCUT2D eigenvalue weighted by molar-refractivity contribution is 5.79. The molecule has 0 spiro atoms. The largest absolute Gasteiger partial charge is 0.298 e. The molecule has 1 atom stereocenters. The van der Waals surface area contributed by atoms with E-state index in [9.17, 15) is 4.79 Å². The zero-order valence-corrected chi connectivity index (χ0v) is 9.39. The van der Waals surface area contributed by atoms with Crippen LogP contribution in [0.3, 0.4) is 0 Å². The quantitative estimate of drug-likeness (QED) is 0.643. The van der Waals surface area contributed by atoms with Gasteiger partial charge in [-0.2, -0.15) is 4.80 Å². The van der Waals surface area contributed by atoms with Gasteiger partial charge in [0.1, 0.15) is 6.04 Å². The van der Waals surface area contributed by atoms with Crippen molar-refractivity contribution < 1.29 is 4.79 Å². The van der Waals surface area contributed by atoms with Crippen LogP contribution in [0, 0.1) is 0 Å². The molecule has 1 aromatic rings. The number of rotatable bonds is 7. The van der Waals surface area contributed by atoms with Crippen molar-refractivity contribution >= 4 is 5.78 Å². The summed E-state index contributed by atoms with van der Waals surface area (Å²) in [5.41, 5.74) is 0. The van der Waals surface area contributed by atoms with Crippen molar-refractivity contribution in [3.05, 3.63) is 6.33 Å². The minimum atomic E-state index is -0.232. The molecule has 0 bridgehead atoms. The molecule has 1 aromatic heterocycles. The van der Waals surface area contributed by atoms with Gasteiger partial charge < -0.3 is 0 Å². The van der Waals surface area contributed by atoms with Crippen LogP contribution in [0.4, 0.5) is 0 Å². The number of unbranched alkanes of at least 4 members (excludes halogenated alkanes) is 3. The van der Waals surface area contributed by atoms with E-state index < -0.39 is 0 Å². The maximum Gasteiger partial charge on any atom is 0.162 e. The van der Waals surface area contributed by atoms with E-state index in [1.54, 1.807) is 6.92 Å². The number of carbonyl (C=O) groups is 1. The van der Waals surface area contributed by atoms with Gasteiger partial charge in [0, 0.05) is 0 Å². The molecule has 0 amide bonds. The van der Waals surface area contributed by atoms with Crippen LogP contribution >= 0.6 is 0 Å². The van der Waals surface area contributed by atoms with Crippen molar-refractivity contribution in [2.45, 2.75) is 52.0 Å². The molecule has 0 aliphatic rings. The highest BCUT2D eigenvalue weighted by Crippen LogP contribution is 2.15. The van der Waals surface area contributed by atoms with Gasteiger partial charge in [-0.15, -0.1) is 10.2 Å². The van der Waals surface area contributed by atoms with Crippen molar-refractivity contribution in [1.82, 2.24) is 20.2 Å². The van der Waals surface area contributed by atoms with E-state index in [-0.39, 0.29) is 11.8 Å². The Hall–Kier alpha value is -1.26. The Kier molecular flexibility index (Phi) is 4.93. The molecule has 0 N–H and O–H groups in total. The van der Waals surface area contributed by atoms with Crippen LogP contribution < -0.4 is 0 Å². The van der Waals surface area contributed by atoms with Crippen molar-refractivity contribution in [3.63, 3.8) is 0 Å². The van der Waals surface area contributed by atoms with E-state index in [1.807, 2.05) is 0 Å². The fraction of sp³-hybridized carbons (Fsp3) is 0.800. The Balaban J connectivity index is 2.42. The van der Waals surface area contributed by atoms with E-state index in [2.05, 4.69) is 22.3 Å². The summed E-state index contributed by atoms with van der Waals surface area (Å²) in [4.78, 5) is 12.8. The number of hydrogen-bond acceptors (Lipinski definition) is 4. The standard InChI is InChI=1S/C10H18N4O/c1-3-4-5-6-7-10(9(2)15)14-12-8-11-13-14/h8,10H,3-7H2,1-2H3. The first kappa shape index (κ1) is 11.8. The van der Waals surface area contributed by atoms with Crippen LogP contribution in [-0.4, -0.2) is 26.0 Å². The summed E-state index contributed by atoms with van der Waals surface area (Å²) < 4.78 is 0. The minimum absolute atomic E-state index is 0.101. The van der Waals surface area contributed by atoms with Crippen molar-refractivity contribution in [1.29, 1.82) is 0 Å². The molecule has 0 fully saturated rings. The minimum Gasteiger partial charge on any atom is -0.298 e. The molecule has 5 nitrogen and oxygen atoms in total. The molecule has 0 aromatic carbocycles. The van der Waals surface area contributed by atoms with E-state index in [1.165, 1.54) is 24.0 Å². The predicted octanol–water partition coefficient (Wildman–Crippen LogP) is 1.77. The van der Waals surface area contributed by atoms with Crippen molar-refractivity contribution in [3.8, 4) is 0 Å². The molecule has 0 radical (unpaired) electrons. The van der Waals surface area contributed by atoms with Crippen LogP contribution in [0.5, 0.6) is 0 Å². The second-order valence-corrected chi connectivity index (χ2v) is 3.73. The Morgan fingerprint density at radius 1 is 1.40 bits per heavy atom. The SMILES string of the molecule is CCCCCCC(C(C)=O)n1ncnn1. The number of tetrazole rings is 1. The summed E-state index contributed by atoms with van der Waals surface area (Å²) in [5.74, 6) is 0.101. The Morgan fingerprint density at radius 3 is 2.73 bits per heavy atom. The average Bonchev–Trinajstić information content (AvgIpc) is 2.70. The summed E-state index contributed by atoms with van der Waals surface area (Å²) in [6, 6.07) is -0.232. The second kappa shape index (κ2) is 6.27. The zero-order valence-electron chi connectivity index (χ0n) is 9.39. The Morgan fingerprint density at radius 2 is 2.20 bits per heavy atom. The van der Waals surface area contributed by atoms with E-state index in [4.69, 9.17) is 0 Å². The molecular weight excluding hydrogens is 192 g/mol. The number of nitrogens with zero attached hydrogens (tertiary/aromatic N) is 4. The lowest BCUT2D eigenvalue weighted by Crippen LogP contribution is -2.19. The third-order valence-corrected chi connectivity index (χ3v) is 2.44. The van der Waals surface area contributed by atoms with Gasteiger partial charge in [0.05, 0.1) is 0 Å². The van der Waals surface area contributed by atoms with Gasteiger partial charge in [-0.25, -0.2) is 0 Å². The molecule has 0 aliphatic carbocycles. The topological polar surface area (TPSA) is 60.7 Å². The highest BCUT2D eigenvalue weighted by atomic mass is 16.1. The molecule has 15 heavy (non-hydrogen) atoms. The lowest BCUT2D eigenvalue weighted by molar-refractivity contribution is -0.120. The lowest BCUT2D eigenvalue weighted by Gasteiger charge is -2.11. The molecule has 1 heterocycles. The number of aromatic nitrogens is 4. The summed E-state index contributed by atoms with van der Waals surface area (Å²) in [6.45, 7) is 3.75. The van der Waals surface area contributed by atoms with Gasteiger partial charge in [-0.05, 0) is 18.6 Å². The summed E-state index contributed by atoms with van der Waals surface area (Å²) in [5, 5.41) is 11.3. The van der Waals surface area contributed by atoms with Crippen LogP contribution in [-0.2, 0) is 4.79 Å². The molecule has 1 rings (SSSR count). The molecule has 0 saturated heterocycles. The fourth-order valence-corrected chi connectivity index (χ4v) is 1.56. The summed E-state index contributed by atoms with van der Waals surface area (Å²) >= 11 is 0.